The fourth-order valence-corrected chi connectivity index (χ4v) is 3.41. The van der Waals surface area contributed by atoms with Gasteiger partial charge in [0, 0.05) is 5.56 Å². The van der Waals surface area contributed by atoms with Gasteiger partial charge in [-0.1, -0.05) is 58.5 Å². The zero-order valence-electron chi connectivity index (χ0n) is 16.1. The van der Waals surface area contributed by atoms with Crippen LogP contribution in [0.25, 0.3) is 0 Å². The first-order valence-corrected chi connectivity index (χ1v) is 10.6. The van der Waals surface area contributed by atoms with Crippen LogP contribution in [-0.2, 0) is 0 Å². The van der Waals surface area contributed by atoms with Crippen LogP contribution in [-0.4, -0.2) is 18.4 Å². The molecule has 0 spiro atoms. The second kappa shape index (κ2) is 10.2. The number of amides is 2. The van der Waals surface area contributed by atoms with Crippen molar-refractivity contribution in [1.29, 1.82) is 0 Å². The van der Waals surface area contributed by atoms with Crippen LogP contribution in [0.4, 0.5) is 11.4 Å². The summed E-state index contributed by atoms with van der Waals surface area (Å²) in [5.41, 5.74) is 1.07. The molecule has 2 amide bonds. The van der Waals surface area contributed by atoms with Crippen molar-refractivity contribution in [1.82, 2.24) is 0 Å². The van der Waals surface area contributed by atoms with Gasteiger partial charge in [0.1, 0.15) is 5.75 Å². The molecule has 0 atom stereocenters. The number of nitrogens with one attached hydrogen (secondary N) is 2. The van der Waals surface area contributed by atoms with E-state index in [9.17, 15) is 9.59 Å². The number of hydrogen-bond acceptors (Lipinski definition) is 3. The number of anilines is 2. The summed E-state index contributed by atoms with van der Waals surface area (Å²) in [5.74, 6) is -0.666. The molecule has 0 aliphatic rings. The van der Waals surface area contributed by atoms with Gasteiger partial charge in [-0.25, -0.2) is 0 Å². The molecule has 5 nitrogen and oxygen atoms in total. The summed E-state index contributed by atoms with van der Waals surface area (Å²) < 4.78 is 5.55. The summed E-state index contributed by atoms with van der Waals surface area (Å²) in [6, 6.07) is 14.3. The van der Waals surface area contributed by atoms with Gasteiger partial charge in [0.05, 0.1) is 43.6 Å². The third-order valence-corrected chi connectivity index (χ3v) is 5.82. The number of benzene rings is 3. The predicted molar refractivity (Wildman–Crippen MR) is 126 cm³/mol. The minimum absolute atomic E-state index is 0.155. The highest BCUT2D eigenvalue weighted by Gasteiger charge is 2.19. The van der Waals surface area contributed by atoms with Gasteiger partial charge in [-0.2, -0.15) is 0 Å². The van der Waals surface area contributed by atoms with Crippen molar-refractivity contribution in [3.05, 3.63) is 85.8 Å². The van der Waals surface area contributed by atoms with Gasteiger partial charge in [-0.05, 0) is 49.4 Å². The van der Waals surface area contributed by atoms with Crippen molar-refractivity contribution < 1.29 is 14.3 Å². The van der Waals surface area contributed by atoms with Crippen LogP contribution in [0, 0.1) is 0 Å². The van der Waals surface area contributed by atoms with Gasteiger partial charge in [-0.15, -0.1) is 0 Å². The summed E-state index contributed by atoms with van der Waals surface area (Å²) in [4.78, 5) is 25.7. The Bertz CT molecular complexity index is 1150. The molecular weight excluding hydrogens is 482 g/mol. The summed E-state index contributed by atoms with van der Waals surface area (Å²) in [6.45, 7) is 2.12. The molecule has 3 aromatic rings. The maximum atomic E-state index is 12.9. The fourth-order valence-electron chi connectivity index (χ4n) is 2.71. The van der Waals surface area contributed by atoms with E-state index in [4.69, 9.17) is 51.1 Å². The maximum Gasteiger partial charge on any atom is 0.259 e. The lowest BCUT2D eigenvalue weighted by Gasteiger charge is -2.14. The molecule has 0 aliphatic heterocycles. The highest BCUT2D eigenvalue weighted by molar-refractivity contribution is 6.44. The first-order valence-electron chi connectivity index (χ1n) is 9.09. The lowest BCUT2D eigenvalue weighted by atomic mass is 10.1. The molecule has 31 heavy (non-hydrogen) atoms. The zero-order valence-corrected chi connectivity index (χ0v) is 19.2. The highest BCUT2D eigenvalue weighted by Crippen LogP contribution is 2.32. The number of carbonyl (C=O) groups excluding carboxylic acids is 2. The molecule has 0 saturated heterocycles. The van der Waals surface area contributed by atoms with Crippen LogP contribution in [0.15, 0.2) is 54.6 Å². The molecular formula is C22H16Cl4N2O3. The second-order valence-electron chi connectivity index (χ2n) is 6.25. The third-order valence-electron chi connectivity index (χ3n) is 4.19. The van der Waals surface area contributed by atoms with E-state index in [0.29, 0.717) is 33.8 Å². The van der Waals surface area contributed by atoms with E-state index >= 15 is 0 Å². The topological polar surface area (TPSA) is 67.4 Å². The van der Waals surface area contributed by atoms with E-state index in [1.807, 2.05) is 0 Å². The summed E-state index contributed by atoms with van der Waals surface area (Å²) in [6.07, 6.45) is 0. The van der Waals surface area contributed by atoms with Crippen molar-refractivity contribution in [2.24, 2.45) is 0 Å². The molecule has 9 heteroatoms. The Hall–Kier alpha value is -2.44. The monoisotopic (exact) mass is 496 g/mol. The third kappa shape index (κ3) is 5.43. The van der Waals surface area contributed by atoms with E-state index in [-0.39, 0.29) is 21.2 Å². The minimum atomic E-state index is -0.511. The van der Waals surface area contributed by atoms with Gasteiger partial charge in [0.15, 0.2) is 0 Å². The maximum absolute atomic E-state index is 12.9. The zero-order chi connectivity index (χ0) is 22.5. The quantitative estimate of drug-likeness (QED) is 0.378. The van der Waals surface area contributed by atoms with Crippen molar-refractivity contribution in [3.63, 3.8) is 0 Å². The Morgan fingerprint density at radius 3 is 1.90 bits per heavy atom. The smallest absolute Gasteiger partial charge is 0.259 e. The van der Waals surface area contributed by atoms with Gasteiger partial charge in [-0.3, -0.25) is 9.59 Å². The molecule has 0 fully saturated rings. The average Bonchev–Trinajstić information content (AvgIpc) is 2.75. The molecule has 0 unspecified atom stereocenters. The standard InChI is InChI=1S/C22H16Cl4N2O3/c1-2-31-18-10-9-12(21(29)27-16-7-3-5-14(23)19(16)25)11-13(18)22(30)28-17-8-4-6-15(24)20(17)26/h3-11H,2H2,1H3,(H,27,29)(H,28,30). The van der Waals surface area contributed by atoms with E-state index in [0.717, 1.165) is 0 Å². The Morgan fingerprint density at radius 1 is 0.806 bits per heavy atom. The Kier molecular flexibility index (Phi) is 7.68. The first kappa shape index (κ1) is 23.2. The van der Waals surface area contributed by atoms with E-state index in [2.05, 4.69) is 10.6 Å². The summed E-state index contributed by atoms with van der Waals surface area (Å²) >= 11 is 24.3. The van der Waals surface area contributed by atoms with Crippen LogP contribution < -0.4 is 15.4 Å². The normalized spacial score (nSPS) is 10.5. The second-order valence-corrected chi connectivity index (χ2v) is 7.83. The Morgan fingerprint density at radius 2 is 1.35 bits per heavy atom. The molecule has 3 aromatic carbocycles. The Balaban J connectivity index is 1.91. The molecule has 160 valence electrons. The van der Waals surface area contributed by atoms with Gasteiger partial charge in [0.2, 0.25) is 0 Å². The molecule has 0 saturated carbocycles. The van der Waals surface area contributed by atoms with Crippen LogP contribution in [0.5, 0.6) is 5.75 Å². The molecule has 0 bridgehead atoms. The fraction of sp³-hybridized carbons (Fsp3) is 0.0909. The van der Waals surface area contributed by atoms with E-state index in [1.165, 1.54) is 6.07 Å². The van der Waals surface area contributed by atoms with E-state index in [1.54, 1.807) is 55.5 Å². The minimum Gasteiger partial charge on any atom is -0.493 e. The summed E-state index contributed by atoms with van der Waals surface area (Å²) in [5, 5.41) is 6.42. The summed E-state index contributed by atoms with van der Waals surface area (Å²) in [7, 11) is 0. The molecule has 2 N–H and O–H groups in total. The van der Waals surface area contributed by atoms with Crippen LogP contribution in [0.2, 0.25) is 20.1 Å². The largest absolute Gasteiger partial charge is 0.493 e. The van der Waals surface area contributed by atoms with Crippen LogP contribution in [0.1, 0.15) is 27.6 Å². The molecule has 3 rings (SSSR count). The van der Waals surface area contributed by atoms with E-state index < -0.39 is 11.8 Å². The van der Waals surface area contributed by atoms with Crippen molar-refractivity contribution in [2.75, 3.05) is 17.2 Å². The van der Waals surface area contributed by atoms with Gasteiger partial charge < -0.3 is 15.4 Å². The van der Waals surface area contributed by atoms with Gasteiger partial charge in [0.25, 0.3) is 11.8 Å². The predicted octanol–water partition coefficient (Wildman–Crippen LogP) is 7.20. The Labute approximate surface area is 199 Å². The number of rotatable bonds is 6. The number of hydrogen-bond donors (Lipinski definition) is 2. The number of carbonyl (C=O) groups is 2. The van der Waals surface area contributed by atoms with Crippen molar-refractivity contribution in [2.45, 2.75) is 6.92 Å². The van der Waals surface area contributed by atoms with Crippen molar-refractivity contribution in [3.8, 4) is 5.75 Å². The lowest BCUT2D eigenvalue weighted by molar-refractivity contribution is 0.102. The average molecular weight is 498 g/mol. The number of halogens is 4. The molecule has 0 radical (unpaired) electrons. The van der Waals surface area contributed by atoms with Crippen LogP contribution >= 0.6 is 46.4 Å². The number of ether oxygens (including phenoxy) is 1. The van der Waals surface area contributed by atoms with Crippen LogP contribution in [0.3, 0.4) is 0 Å². The SMILES string of the molecule is CCOc1ccc(C(=O)Nc2cccc(Cl)c2Cl)cc1C(=O)Nc1cccc(Cl)c1Cl. The van der Waals surface area contributed by atoms with Crippen molar-refractivity contribution >= 4 is 69.6 Å². The molecule has 0 aliphatic carbocycles. The molecule has 0 aromatic heterocycles. The lowest BCUT2D eigenvalue weighted by Crippen LogP contribution is -2.17. The highest BCUT2D eigenvalue weighted by atomic mass is 35.5. The molecule has 0 heterocycles. The first-order chi connectivity index (χ1) is 14.8. The van der Waals surface area contributed by atoms with Gasteiger partial charge >= 0.3 is 0 Å².